The largest absolute Gasteiger partial charge is 0.388 e. The van der Waals surface area contributed by atoms with Gasteiger partial charge in [0.2, 0.25) is 0 Å². The highest BCUT2D eigenvalue weighted by atomic mass is 79.9. The van der Waals surface area contributed by atoms with Gasteiger partial charge in [-0.2, -0.15) is 0 Å². The number of anilines is 1. The first-order valence-corrected chi connectivity index (χ1v) is 5.76. The molecule has 0 fully saturated rings. The number of hydrogen-bond donors (Lipinski definition) is 2. The van der Waals surface area contributed by atoms with Crippen molar-refractivity contribution < 1.29 is 13.9 Å². The van der Waals surface area contributed by atoms with Crippen LogP contribution in [0.2, 0.25) is 0 Å². The summed E-state index contributed by atoms with van der Waals surface area (Å²) in [4.78, 5) is 0. The SMILES string of the molecule is CCC(C)(O)CNc1c(F)cc(F)cc1Br. The van der Waals surface area contributed by atoms with Gasteiger partial charge < -0.3 is 10.4 Å². The van der Waals surface area contributed by atoms with Crippen LogP contribution in [0.5, 0.6) is 0 Å². The third-order valence-electron chi connectivity index (χ3n) is 2.41. The summed E-state index contributed by atoms with van der Waals surface area (Å²) in [6.45, 7) is 3.68. The molecular formula is C11H14BrF2NO. The zero-order valence-corrected chi connectivity index (χ0v) is 10.7. The molecule has 1 aromatic carbocycles. The van der Waals surface area contributed by atoms with E-state index < -0.39 is 17.2 Å². The minimum Gasteiger partial charge on any atom is -0.388 e. The maximum absolute atomic E-state index is 13.4. The standard InChI is InChI=1S/C11H14BrF2NO/c1-3-11(2,16)6-15-10-8(12)4-7(13)5-9(10)14/h4-5,15-16H,3,6H2,1-2H3. The van der Waals surface area contributed by atoms with Gasteiger partial charge in [-0.1, -0.05) is 6.92 Å². The molecule has 0 aliphatic heterocycles. The van der Waals surface area contributed by atoms with Gasteiger partial charge in [-0.15, -0.1) is 0 Å². The van der Waals surface area contributed by atoms with Crippen molar-refractivity contribution >= 4 is 21.6 Å². The summed E-state index contributed by atoms with van der Waals surface area (Å²) >= 11 is 3.06. The third-order valence-corrected chi connectivity index (χ3v) is 3.04. The Morgan fingerprint density at radius 3 is 2.56 bits per heavy atom. The molecule has 90 valence electrons. The predicted molar refractivity (Wildman–Crippen MR) is 63.5 cm³/mol. The number of aliphatic hydroxyl groups is 1. The Kier molecular flexibility index (Phi) is 4.27. The second kappa shape index (κ2) is 5.10. The zero-order chi connectivity index (χ0) is 12.3. The van der Waals surface area contributed by atoms with Gasteiger partial charge in [0.1, 0.15) is 11.6 Å². The van der Waals surface area contributed by atoms with Crippen LogP contribution in [0.25, 0.3) is 0 Å². The summed E-state index contributed by atoms with van der Waals surface area (Å²) in [5.74, 6) is -1.32. The second-order valence-corrected chi connectivity index (χ2v) is 4.80. The lowest BCUT2D eigenvalue weighted by atomic mass is 10.0. The highest BCUT2D eigenvalue weighted by Gasteiger charge is 2.18. The van der Waals surface area contributed by atoms with Gasteiger partial charge in [0.05, 0.1) is 11.3 Å². The fourth-order valence-corrected chi connectivity index (χ4v) is 1.66. The van der Waals surface area contributed by atoms with E-state index in [-0.39, 0.29) is 12.2 Å². The zero-order valence-electron chi connectivity index (χ0n) is 9.15. The van der Waals surface area contributed by atoms with Crippen LogP contribution < -0.4 is 5.32 Å². The van der Waals surface area contributed by atoms with Crippen LogP contribution in [0.3, 0.4) is 0 Å². The topological polar surface area (TPSA) is 32.3 Å². The number of rotatable bonds is 4. The van der Waals surface area contributed by atoms with Crippen molar-refractivity contribution in [2.24, 2.45) is 0 Å². The van der Waals surface area contributed by atoms with Gasteiger partial charge in [-0.05, 0) is 35.3 Å². The van der Waals surface area contributed by atoms with Gasteiger partial charge in [0, 0.05) is 17.1 Å². The molecule has 16 heavy (non-hydrogen) atoms. The summed E-state index contributed by atoms with van der Waals surface area (Å²) in [6, 6.07) is 1.97. The van der Waals surface area contributed by atoms with Gasteiger partial charge >= 0.3 is 0 Å². The smallest absolute Gasteiger partial charge is 0.150 e. The van der Waals surface area contributed by atoms with Gasteiger partial charge in [0.25, 0.3) is 0 Å². The van der Waals surface area contributed by atoms with E-state index in [9.17, 15) is 13.9 Å². The average molecular weight is 294 g/mol. The lowest BCUT2D eigenvalue weighted by Crippen LogP contribution is -2.32. The molecule has 0 aliphatic rings. The number of benzene rings is 1. The summed E-state index contributed by atoms with van der Waals surface area (Å²) in [5.41, 5.74) is -0.754. The average Bonchev–Trinajstić information content (AvgIpc) is 2.16. The van der Waals surface area contributed by atoms with E-state index in [2.05, 4.69) is 21.2 Å². The molecule has 1 aromatic rings. The minimum atomic E-state index is -0.916. The number of hydrogen-bond acceptors (Lipinski definition) is 2. The van der Waals surface area contributed by atoms with Crippen LogP contribution in [0, 0.1) is 11.6 Å². The lowest BCUT2D eigenvalue weighted by molar-refractivity contribution is 0.0697. The molecular weight excluding hydrogens is 280 g/mol. The quantitative estimate of drug-likeness (QED) is 0.893. The number of halogens is 3. The maximum atomic E-state index is 13.4. The van der Waals surface area contributed by atoms with Crippen LogP contribution in [-0.2, 0) is 0 Å². The molecule has 0 saturated carbocycles. The van der Waals surface area contributed by atoms with E-state index >= 15 is 0 Å². The van der Waals surface area contributed by atoms with Crippen LogP contribution in [0.1, 0.15) is 20.3 Å². The van der Waals surface area contributed by atoms with E-state index in [1.165, 1.54) is 6.07 Å². The maximum Gasteiger partial charge on any atom is 0.150 e. The third kappa shape index (κ3) is 3.42. The molecule has 0 aromatic heterocycles. The van der Waals surface area contributed by atoms with Crippen molar-refractivity contribution in [1.29, 1.82) is 0 Å². The Morgan fingerprint density at radius 1 is 1.44 bits per heavy atom. The van der Waals surface area contributed by atoms with Crippen molar-refractivity contribution in [2.75, 3.05) is 11.9 Å². The van der Waals surface area contributed by atoms with Gasteiger partial charge in [-0.25, -0.2) is 8.78 Å². The van der Waals surface area contributed by atoms with Crippen molar-refractivity contribution in [3.63, 3.8) is 0 Å². The van der Waals surface area contributed by atoms with Crippen LogP contribution >= 0.6 is 15.9 Å². The van der Waals surface area contributed by atoms with Crippen LogP contribution in [0.15, 0.2) is 16.6 Å². The molecule has 1 rings (SSSR count). The van der Waals surface area contributed by atoms with Crippen molar-refractivity contribution in [1.82, 2.24) is 0 Å². The summed E-state index contributed by atoms with van der Waals surface area (Å²) < 4.78 is 26.5. The summed E-state index contributed by atoms with van der Waals surface area (Å²) in [7, 11) is 0. The van der Waals surface area contributed by atoms with Crippen LogP contribution in [-0.4, -0.2) is 17.3 Å². The molecule has 0 spiro atoms. The van der Waals surface area contributed by atoms with Crippen LogP contribution in [0.4, 0.5) is 14.5 Å². The van der Waals surface area contributed by atoms with E-state index in [1.54, 1.807) is 6.92 Å². The molecule has 2 nitrogen and oxygen atoms in total. The monoisotopic (exact) mass is 293 g/mol. The summed E-state index contributed by atoms with van der Waals surface area (Å²) in [5, 5.41) is 12.5. The Balaban J connectivity index is 2.82. The molecule has 0 aliphatic carbocycles. The summed E-state index contributed by atoms with van der Waals surface area (Å²) in [6.07, 6.45) is 0.542. The Bertz CT molecular complexity index is 359. The van der Waals surface area contributed by atoms with Crippen molar-refractivity contribution in [2.45, 2.75) is 25.9 Å². The van der Waals surface area contributed by atoms with Gasteiger partial charge in [-0.3, -0.25) is 0 Å². The number of nitrogens with one attached hydrogen (secondary N) is 1. The second-order valence-electron chi connectivity index (χ2n) is 3.95. The molecule has 1 unspecified atom stereocenters. The molecule has 0 saturated heterocycles. The molecule has 0 heterocycles. The highest BCUT2D eigenvalue weighted by molar-refractivity contribution is 9.10. The molecule has 0 bridgehead atoms. The molecule has 5 heteroatoms. The molecule has 0 radical (unpaired) electrons. The first-order chi connectivity index (χ1) is 7.35. The van der Waals surface area contributed by atoms with Crippen molar-refractivity contribution in [3.8, 4) is 0 Å². The normalized spacial score (nSPS) is 14.6. The van der Waals surface area contributed by atoms with E-state index in [0.29, 0.717) is 10.9 Å². The van der Waals surface area contributed by atoms with Gasteiger partial charge in [0.15, 0.2) is 0 Å². The first-order valence-electron chi connectivity index (χ1n) is 4.96. The fourth-order valence-electron chi connectivity index (χ4n) is 1.11. The molecule has 0 amide bonds. The minimum absolute atomic E-state index is 0.162. The highest BCUT2D eigenvalue weighted by Crippen LogP contribution is 2.27. The van der Waals surface area contributed by atoms with E-state index in [4.69, 9.17) is 0 Å². The Labute approximate surface area is 102 Å². The lowest BCUT2D eigenvalue weighted by Gasteiger charge is -2.22. The Morgan fingerprint density at radius 2 is 2.06 bits per heavy atom. The fraction of sp³-hybridized carbons (Fsp3) is 0.455. The predicted octanol–water partition coefficient (Wildman–Crippen LogP) is 3.30. The van der Waals surface area contributed by atoms with E-state index in [0.717, 1.165) is 6.07 Å². The van der Waals surface area contributed by atoms with Crippen molar-refractivity contribution in [3.05, 3.63) is 28.2 Å². The Hall–Kier alpha value is -0.680. The molecule has 1 atom stereocenters. The van der Waals surface area contributed by atoms with E-state index in [1.807, 2.05) is 6.92 Å². The first kappa shape index (κ1) is 13.4. The molecule has 2 N–H and O–H groups in total.